The fourth-order valence-electron chi connectivity index (χ4n) is 1.47. The third kappa shape index (κ3) is 4.72. The van der Waals surface area contributed by atoms with Crippen LogP contribution in [0.5, 0.6) is 0 Å². The number of hydrogen-bond acceptors (Lipinski definition) is 5. The summed E-state index contributed by atoms with van der Waals surface area (Å²) in [4.78, 5) is 17.2. The van der Waals surface area contributed by atoms with Crippen LogP contribution in [0.25, 0.3) is 0 Å². The number of esters is 1. The van der Waals surface area contributed by atoms with E-state index in [1.807, 2.05) is 0 Å². The zero-order valence-electron chi connectivity index (χ0n) is 11.8. The summed E-state index contributed by atoms with van der Waals surface area (Å²) in [6, 6.07) is 6.73. The molecule has 0 saturated carbocycles. The summed E-state index contributed by atoms with van der Waals surface area (Å²) in [6.45, 7) is 0.180. The fraction of sp³-hybridized carbons (Fsp3) is 0.286. The van der Waals surface area contributed by atoms with Gasteiger partial charge in [-0.1, -0.05) is 18.1 Å². The Morgan fingerprint density at radius 1 is 1.43 bits per heavy atom. The Hall–Kier alpha value is -2.14. The van der Waals surface area contributed by atoms with Crippen LogP contribution in [0.15, 0.2) is 24.3 Å². The second-order valence-electron chi connectivity index (χ2n) is 3.70. The van der Waals surface area contributed by atoms with Gasteiger partial charge in [-0.25, -0.2) is 9.63 Å². The third-order valence-corrected chi connectivity index (χ3v) is 2.66. The van der Waals surface area contributed by atoms with Gasteiger partial charge < -0.3 is 14.8 Å². The number of para-hydroxylation sites is 1. The van der Waals surface area contributed by atoms with Gasteiger partial charge in [0.2, 0.25) is 0 Å². The molecule has 21 heavy (non-hydrogen) atoms. The standard InChI is InChI=1S/C14H16N2O4S/c1-4-9-15-14(21)16(20-10-18-2)12-8-6-5-7-11(12)13(17)19-3/h1,5-8H,9-10H2,2-3H3,(H,15,21). The van der Waals surface area contributed by atoms with Crippen LogP contribution >= 0.6 is 12.2 Å². The highest BCUT2D eigenvalue weighted by Crippen LogP contribution is 2.22. The van der Waals surface area contributed by atoms with Crippen LogP contribution in [0.2, 0.25) is 0 Å². The molecule has 1 N–H and O–H groups in total. The van der Waals surface area contributed by atoms with E-state index in [4.69, 9.17) is 33.0 Å². The molecule has 0 amide bonds. The molecule has 0 atom stereocenters. The molecule has 0 fully saturated rings. The van der Waals surface area contributed by atoms with Crippen LogP contribution < -0.4 is 10.4 Å². The Morgan fingerprint density at radius 2 is 2.14 bits per heavy atom. The highest BCUT2D eigenvalue weighted by molar-refractivity contribution is 7.80. The van der Waals surface area contributed by atoms with Crippen molar-refractivity contribution in [3.63, 3.8) is 0 Å². The van der Waals surface area contributed by atoms with Crippen molar-refractivity contribution in [1.82, 2.24) is 5.32 Å². The summed E-state index contributed by atoms with van der Waals surface area (Å²) in [6.07, 6.45) is 5.19. The number of rotatable bonds is 6. The van der Waals surface area contributed by atoms with Crippen molar-refractivity contribution in [2.24, 2.45) is 0 Å². The predicted molar refractivity (Wildman–Crippen MR) is 82.7 cm³/mol. The highest BCUT2D eigenvalue weighted by Gasteiger charge is 2.20. The maximum Gasteiger partial charge on any atom is 0.340 e. The van der Waals surface area contributed by atoms with Gasteiger partial charge in [-0.15, -0.1) is 6.42 Å². The number of terminal acetylenes is 1. The lowest BCUT2D eigenvalue weighted by Gasteiger charge is -2.25. The lowest BCUT2D eigenvalue weighted by atomic mass is 10.2. The normalized spacial score (nSPS) is 9.57. The first-order valence-electron chi connectivity index (χ1n) is 5.96. The van der Waals surface area contributed by atoms with Crippen molar-refractivity contribution in [2.45, 2.75) is 0 Å². The molecular weight excluding hydrogens is 292 g/mol. The number of ether oxygens (including phenoxy) is 2. The summed E-state index contributed by atoms with van der Waals surface area (Å²) in [7, 11) is 2.77. The molecule has 0 bridgehead atoms. The summed E-state index contributed by atoms with van der Waals surface area (Å²) in [5.41, 5.74) is 0.733. The Kier molecular flexibility index (Phi) is 7.18. The molecule has 7 heteroatoms. The first-order chi connectivity index (χ1) is 10.2. The number of anilines is 1. The molecule has 0 radical (unpaired) electrons. The molecule has 0 aliphatic carbocycles. The van der Waals surface area contributed by atoms with Gasteiger partial charge in [-0.2, -0.15) is 5.06 Å². The summed E-state index contributed by atoms with van der Waals surface area (Å²) in [5, 5.41) is 4.29. The molecule has 1 aromatic carbocycles. The number of nitrogens with one attached hydrogen (secondary N) is 1. The van der Waals surface area contributed by atoms with Gasteiger partial charge in [0, 0.05) is 7.11 Å². The minimum Gasteiger partial charge on any atom is -0.465 e. The maximum atomic E-state index is 11.8. The molecule has 1 rings (SSSR count). The van der Waals surface area contributed by atoms with E-state index in [2.05, 4.69) is 11.2 Å². The number of carbonyl (C=O) groups is 1. The van der Waals surface area contributed by atoms with Gasteiger partial charge in [0.25, 0.3) is 0 Å². The van der Waals surface area contributed by atoms with E-state index in [0.717, 1.165) is 0 Å². The van der Waals surface area contributed by atoms with Crippen LogP contribution in [-0.2, 0) is 14.3 Å². The van der Waals surface area contributed by atoms with Gasteiger partial charge in [-0.05, 0) is 24.4 Å². The molecular formula is C14H16N2O4S. The first-order valence-corrected chi connectivity index (χ1v) is 6.37. The highest BCUT2D eigenvalue weighted by atomic mass is 32.1. The van der Waals surface area contributed by atoms with Crippen LogP contribution in [0.1, 0.15) is 10.4 Å². The molecule has 0 unspecified atom stereocenters. The second kappa shape index (κ2) is 8.92. The van der Waals surface area contributed by atoms with Crippen molar-refractivity contribution in [3.05, 3.63) is 29.8 Å². The Morgan fingerprint density at radius 3 is 2.76 bits per heavy atom. The van der Waals surface area contributed by atoms with Crippen molar-refractivity contribution < 1.29 is 19.1 Å². The summed E-state index contributed by atoms with van der Waals surface area (Å²) >= 11 is 5.21. The zero-order valence-corrected chi connectivity index (χ0v) is 12.6. The van der Waals surface area contributed by atoms with Gasteiger partial charge in [-0.3, -0.25) is 0 Å². The summed E-state index contributed by atoms with van der Waals surface area (Å²) in [5.74, 6) is 1.90. The van der Waals surface area contributed by atoms with Crippen LogP contribution in [-0.4, -0.2) is 38.6 Å². The molecule has 1 aromatic rings. The summed E-state index contributed by atoms with van der Waals surface area (Å²) < 4.78 is 9.61. The molecule has 6 nitrogen and oxygen atoms in total. The minimum atomic E-state index is -0.503. The quantitative estimate of drug-likeness (QED) is 0.280. The zero-order chi connectivity index (χ0) is 15.7. The monoisotopic (exact) mass is 308 g/mol. The second-order valence-corrected chi connectivity index (χ2v) is 4.09. The SMILES string of the molecule is C#CCNC(=S)N(OCOC)c1ccccc1C(=O)OC. The number of benzene rings is 1. The van der Waals surface area contributed by atoms with E-state index in [1.165, 1.54) is 19.3 Å². The molecule has 0 aliphatic rings. The van der Waals surface area contributed by atoms with E-state index in [9.17, 15) is 4.79 Å². The number of hydrogen-bond donors (Lipinski definition) is 1. The lowest BCUT2D eigenvalue weighted by Crippen LogP contribution is -2.41. The average molecular weight is 308 g/mol. The topological polar surface area (TPSA) is 60.0 Å². The Labute approximate surface area is 128 Å². The first kappa shape index (κ1) is 16.9. The Balaban J connectivity index is 3.11. The smallest absolute Gasteiger partial charge is 0.340 e. The van der Waals surface area contributed by atoms with Crippen molar-refractivity contribution >= 4 is 29.0 Å². The fourth-order valence-corrected chi connectivity index (χ4v) is 1.70. The minimum absolute atomic E-state index is 0.0482. The molecule has 0 saturated heterocycles. The molecule has 0 heterocycles. The molecule has 0 spiro atoms. The van der Waals surface area contributed by atoms with Gasteiger partial charge in [0.05, 0.1) is 24.9 Å². The number of carbonyl (C=O) groups excluding carboxylic acids is 1. The largest absolute Gasteiger partial charge is 0.465 e. The lowest BCUT2D eigenvalue weighted by molar-refractivity contribution is -0.0277. The van der Waals surface area contributed by atoms with E-state index < -0.39 is 5.97 Å². The van der Waals surface area contributed by atoms with E-state index in [-0.39, 0.29) is 18.5 Å². The molecule has 0 aromatic heterocycles. The molecule has 112 valence electrons. The van der Waals surface area contributed by atoms with Crippen LogP contribution in [0, 0.1) is 12.3 Å². The Bertz CT molecular complexity index is 542. The van der Waals surface area contributed by atoms with Crippen LogP contribution in [0.3, 0.4) is 0 Å². The average Bonchev–Trinajstić information content (AvgIpc) is 2.52. The van der Waals surface area contributed by atoms with Crippen molar-refractivity contribution in [2.75, 3.05) is 32.6 Å². The van der Waals surface area contributed by atoms with E-state index >= 15 is 0 Å². The number of hydroxylamine groups is 1. The van der Waals surface area contributed by atoms with Gasteiger partial charge in [0.15, 0.2) is 11.9 Å². The van der Waals surface area contributed by atoms with Crippen molar-refractivity contribution in [3.8, 4) is 12.3 Å². The number of thiocarbonyl (C=S) groups is 1. The van der Waals surface area contributed by atoms with Crippen molar-refractivity contribution in [1.29, 1.82) is 0 Å². The van der Waals surface area contributed by atoms with E-state index in [1.54, 1.807) is 24.3 Å². The van der Waals surface area contributed by atoms with Crippen LogP contribution in [0.4, 0.5) is 5.69 Å². The number of nitrogens with zero attached hydrogens (tertiary/aromatic N) is 1. The van der Waals surface area contributed by atoms with Gasteiger partial charge >= 0.3 is 5.97 Å². The third-order valence-electron chi connectivity index (χ3n) is 2.35. The molecule has 0 aliphatic heterocycles. The predicted octanol–water partition coefficient (Wildman–Crippen LogP) is 1.32. The van der Waals surface area contributed by atoms with E-state index in [0.29, 0.717) is 11.3 Å². The number of methoxy groups -OCH3 is 2. The van der Waals surface area contributed by atoms with Gasteiger partial charge in [0.1, 0.15) is 0 Å². The maximum absolute atomic E-state index is 11.8.